The lowest BCUT2D eigenvalue weighted by Gasteiger charge is -2.22. The summed E-state index contributed by atoms with van der Waals surface area (Å²) in [5.74, 6) is 0.260. The summed E-state index contributed by atoms with van der Waals surface area (Å²) >= 11 is 0. The van der Waals surface area contributed by atoms with Gasteiger partial charge in [-0.15, -0.1) is 0 Å². The van der Waals surface area contributed by atoms with Crippen LogP contribution in [-0.2, 0) is 22.7 Å². The number of para-hydroxylation sites is 1. The van der Waals surface area contributed by atoms with Gasteiger partial charge < -0.3 is 34.5 Å². The van der Waals surface area contributed by atoms with Gasteiger partial charge in [0.2, 0.25) is 5.91 Å². The molecule has 3 amide bonds. The average Bonchev–Trinajstić information content (AvgIpc) is 3.45. The van der Waals surface area contributed by atoms with Gasteiger partial charge in [-0.05, 0) is 48.0 Å². The number of fused-ring (bicyclic) bond motifs is 8. The van der Waals surface area contributed by atoms with Crippen molar-refractivity contribution in [1.82, 2.24) is 25.1 Å². The molecule has 0 spiro atoms. The van der Waals surface area contributed by atoms with Crippen molar-refractivity contribution in [2.75, 3.05) is 33.9 Å². The molecule has 7 rings (SSSR count). The third kappa shape index (κ3) is 6.23. The number of ether oxygens (including phenoxy) is 4. The minimum atomic E-state index is -0.659. The minimum Gasteiger partial charge on any atom is -0.493 e. The van der Waals surface area contributed by atoms with Crippen LogP contribution >= 0.6 is 0 Å². The molecule has 0 saturated carbocycles. The largest absolute Gasteiger partial charge is 0.493 e. The SMILES string of the molecule is COc1ccc2cc1OCC(=O)NCc1ccc(c(OC)c1)O[C@H]1CN(C(=O)Cn3cnc4ccccc4c3=O)C[C@@H]1NC2=O. The summed E-state index contributed by atoms with van der Waals surface area (Å²) in [6, 6.07) is 16.2. The molecule has 3 aliphatic heterocycles. The van der Waals surface area contributed by atoms with E-state index in [2.05, 4.69) is 15.6 Å². The fraction of sp³-hybridized carbons (Fsp3) is 0.281. The van der Waals surface area contributed by atoms with Gasteiger partial charge >= 0.3 is 0 Å². The smallest absolute Gasteiger partial charge is 0.261 e. The molecule has 13 nitrogen and oxygen atoms in total. The molecule has 4 heterocycles. The Kier molecular flexibility index (Phi) is 8.23. The van der Waals surface area contributed by atoms with E-state index >= 15 is 0 Å². The number of aromatic nitrogens is 2. The number of amides is 3. The number of hydrogen-bond donors (Lipinski definition) is 2. The topological polar surface area (TPSA) is 150 Å². The number of rotatable bonds is 4. The Balaban J connectivity index is 1.30. The van der Waals surface area contributed by atoms with E-state index in [4.69, 9.17) is 18.9 Å². The van der Waals surface area contributed by atoms with Crippen molar-refractivity contribution in [2.24, 2.45) is 0 Å². The van der Waals surface area contributed by atoms with Crippen LogP contribution in [0.5, 0.6) is 23.0 Å². The van der Waals surface area contributed by atoms with Crippen molar-refractivity contribution in [2.45, 2.75) is 25.2 Å². The number of carbonyl (C=O) groups is 3. The third-order valence-corrected chi connectivity index (χ3v) is 7.75. The predicted octanol–water partition coefficient (Wildman–Crippen LogP) is 1.51. The Morgan fingerprint density at radius 3 is 2.62 bits per heavy atom. The summed E-state index contributed by atoms with van der Waals surface area (Å²) in [6.07, 6.45) is 0.701. The highest BCUT2D eigenvalue weighted by Crippen LogP contribution is 2.32. The molecule has 3 aliphatic rings. The van der Waals surface area contributed by atoms with Gasteiger partial charge in [-0.25, -0.2) is 4.98 Å². The van der Waals surface area contributed by atoms with Crippen LogP contribution in [0.25, 0.3) is 10.9 Å². The molecule has 1 fully saturated rings. The Bertz CT molecular complexity index is 1840. The first-order valence-corrected chi connectivity index (χ1v) is 14.3. The molecule has 4 bridgehead atoms. The molecule has 4 aromatic rings. The molecule has 2 atom stereocenters. The molecular weight excluding hydrogens is 582 g/mol. The molecular formula is C32H31N5O8. The highest BCUT2D eigenvalue weighted by Gasteiger charge is 2.38. The summed E-state index contributed by atoms with van der Waals surface area (Å²) in [6.45, 7) is -0.0431. The van der Waals surface area contributed by atoms with Crippen molar-refractivity contribution in [3.8, 4) is 23.0 Å². The van der Waals surface area contributed by atoms with E-state index in [9.17, 15) is 19.2 Å². The standard InChI is InChI=1S/C32H31N5O8/c1-42-24-10-8-20-12-27(24)44-17-29(38)33-13-19-7-9-25(26(11-19)43-2)45-28-15-36(14-23(28)35-31(20)40)30(39)16-37-18-34-22-6-4-3-5-21(22)32(37)41/h3-12,18,23,28H,13-17H2,1-2H3,(H,33,38)(H,35,40)/t23-,28-/m0/s1. The second-order valence-corrected chi connectivity index (χ2v) is 10.6. The first-order valence-electron chi connectivity index (χ1n) is 14.3. The molecule has 13 heteroatoms. The highest BCUT2D eigenvalue weighted by atomic mass is 16.5. The average molecular weight is 614 g/mol. The lowest BCUT2D eigenvalue weighted by atomic mass is 10.1. The van der Waals surface area contributed by atoms with Gasteiger partial charge in [-0.2, -0.15) is 0 Å². The maximum absolute atomic E-state index is 13.5. The number of nitrogens with zero attached hydrogens (tertiary/aromatic N) is 3. The number of likely N-dealkylation sites (tertiary alicyclic amines) is 1. The lowest BCUT2D eigenvalue weighted by Crippen LogP contribution is -2.45. The maximum Gasteiger partial charge on any atom is 0.261 e. The van der Waals surface area contributed by atoms with Crippen molar-refractivity contribution in [1.29, 1.82) is 0 Å². The Hall–Kier alpha value is -5.59. The van der Waals surface area contributed by atoms with Gasteiger partial charge in [0.25, 0.3) is 17.4 Å². The van der Waals surface area contributed by atoms with E-state index in [1.807, 2.05) is 0 Å². The van der Waals surface area contributed by atoms with Gasteiger partial charge in [0.05, 0.1) is 44.0 Å². The Morgan fingerprint density at radius 1 is 0.978 bits per heavy atom. The maximum atomic E-state index is 13.5. The molecule has 232 valence electrons. The second-order valence-electron chi connectivity index (χ2n) is 10.6. The first-order chi connectivity index (χ1) is 21.8. The van der Waals surface area contributed by atoms with Crippen LogP contribution in [0, 0.1) is 0 Å². The van der Waals surface area contributed by atoms with E-state index in [0.717, 1.165) is 5.56 Å². The Morgan fingerprint density at radius 2 is 1.80 bits per heavy atom. The molecule has 1 aromatic heterocycles. The molecule has 45 heavy (non-hydrogen) atoms. The number of benzene rings is 3. The summed E-state index contributed by atoms with van der Waals surface area (Å²) in [4.78, 5) is 58.4. The predicted molar refractivity (Wildman–Crippen MR) is 162 cm³/mol. The van der Waals surface area contributed by atoms with Crippen LogP contribution in [0.2, 0.25) is 0 Å². The third-order valence-electron chi connectivity index (χ3n) is 7.75. The molecule has 0 aliphatic carbocycles. The zero-order chi connectivity index (χ0) is 31.5. The van der Waals surface area contributed by atoms with Crippen LogP contribution in [0.3, 0.4) is 0 Å². The minimum absolute atomic E-state index is 0.128. The number of nitrogens with one attached hydrogen (secondary N) is 2. The van der Waals surface area contributed by atoms with Crippen molar-refractivity contribution < 1.29 is 33.3 Å². The molecule has 2 N–H and O–H groups in total. The first kappa shape index (κ1) is 29.5. The fourth-order valence-corrected chi connectivity index (χ4v) is 5.36. The monoisotopic (exact) mass is 613 g/mol. The number of hydrogen-bond acceptors (Lipinski definition) is 9. The second kappa shape index (κ2) is 12.6. The van der Waals surface area contributed by atoms with Gasteiger partial charge in [0, 0.05) is 18.7 Å². The van der Waals surface area contributed by atoms with E-state index < -0.39 is 18.1 Å². The van der Waals surface area contributed by atoms with Gasteiger partial charge in [0.15, 0.2) is 29.6 Å². The zero-order valence-corrected chi connectivity index (χ0v) is 24.6. The van der Waals surface area contributed by atoms with Crippen LogP contribution in [0.15, 0.2) is 71.8 Å². The van der Waals surface area contributed by atoms with Crippen molar-refractivity contribution >= 4 is 28.6 Å². The van der Waals surface area contributed by atoms with Crippen molar-refractivity contribution in [3.63, 3.8) is 0 Å². The molecule has 1 saturated heterocycles. The van der Waals surface area contributed by atoms with E-state index in [0.29, 0.717) is 28.2 Å². The normalized spacial score (nSPS) is 18.2. The fourth-order valence-electron chi connectivity index (χ4n) is 5.36. The van der Waals surface area contributed by atoms with E-state index in [-0.39, 0.29) is 61.5 Å². The number of methoxy groups -OCH3 is 2. The van der Waals surface area contributed by atoms with Gasteiger partial charge in [-0.3, -0.25) is 23.7 Å². The van der Waals surface area contributed by atoms with E-state index in [1.165, 1.54) is 31.2 Å². The van der Waals surface area contributed by atoms with Crippen LogP contribution < -0.4 is 35.1 Å². The summed E-state index contributed by atoms with van der Waals surface area (Å²) in [5, 5.41) is 6.20. The van der Waals surface area contributed by atoms with Gasteiger partial charge in [-0.1, -0.05) is 18.2 Å². The van der Waals surface area contributed by atoms with Crippen molar-refractivity contribution in [3.05, 3.63) is 88.5 Å². The number of carbonyl (C=O) groups excluding carboxylic acids is 3. The lowest BCUT2D eigenvalue weighted by molar-refractivity contribution is -0.131. The van der Waals surface area contributed by atoms with E-state index in [1.54, 1.807) is 59.5 Å². The Labute approximate surface area is 257 Å². The summed E-state index contributed by atoms with van der Waals surface area (Å²) in [5.41, 5.74) is 1.25. The summed E-state index contributed by atoms with van der Waals surface area (Å²) < 4.78 is 24.3. The highest BCUT2D eigenvalue weighted by molar-refractivity contribution is 5.95. The molecule has 3 aromatic carbocycles. The van der Waals surface area contributed by atoms with Crippen LogP contribution in [0.4, 0.5) is 0 Å². The quantitative estimate of drug-likeness (QED) is 0.349. The summed E-state index contributed by atoms with van der Waals surface area (Å²) in [7, 11) is 2.96. The molecule has 0 unspecified atom stereocenters. The van der Waals surface area contributed by atoms with Gasteiger partial charge in [0.1, 0.15) is 12.6 Å². The molecule has 0 radical (unpaired) electrons. The van der Waals surface area contributed by atoms with Crippen LogP contribution in [-0.4, -0.2) is 78.2 Å². The van der Waals surface area contributed by atoms with Crippen LogP contribution in [0.1, 0.15) is 15.9 Å². The zero-order valence-electron chi connectivity index (χ0n) is 24.6.